The first-order valence-corrected chi connectivity index (χ1v) is 23.7. The summed E-state index contributed by atoms with van der Waals surface area (Å²) < 4.78 is 13.0. The third kappa shape index (κ3) is 7.40. The summed E-state index contributed by atoms with van der Waals surface area (Å²) in [5.74, 6) is 2.97. The van der Waals surface area contributed by atoms with Crippen molar-refractivity contribution in [2.45, 2.75) is 31.8 Å². The van der Waals surface area contributed by atoms with Gasteiger partial charge < -0.3 is 14.3 Å². The molecule has 0 saturated heterocycles. The van der Waals surface area contributed by atoms with E-state index < -0.39 is 6.29 Å². The predicted octanol–water partition coefficient (Wildman–Crippen LogP) is 15.1. The van der Waals surface area contributed by atoms with E-state index in [4.69, 9.17) is 14.4 Å². The zero-order valence-corrected chi connectivity index (χ0v) is 38.9. The van der Waals surface area contributed by atoms with Crippen molar-refractivity contribution in [1.82, 2.24) is 14.5 Å². The SMILES string of the molecule is Cc1c(/C=C\C(C)c2cccc(C3=NC(n4c5ccccc5c5cc(-c6ccccc6)ccc54)N=C(c4ccc5c(CS)c(/C=C\I)oc5c4)N3)c2)c2ccccc2n1-c1ccccc1. The molecule has 10 aromatic rings. The first-order chi connectivity index (χ1) is 32.0. The van der Waals surface area contributed by atoms with Crippen molar-refractivity contribution >= 4 is 103 Å². The van der Waals surface area contributed by atoms with Gasteiger partial charge in [-0.2, -0.15) is 12.6 Å². The molecule has 3 aromatic heterocycles. The number of allylic oxidation sites excluding steroid dienone is 1. The number of fused-ring (bicyclic) bond motifs is 5. The Morgan fingerprint density at radius 3 is 2.08 bits per heavy atom. The summed E-state index contributed by atoms with van der Waals surface area (Å²) >= 11 is 6.88. The zero-order chi connectivity index (χ0) is 44.0. The Kier molecular flexibility index (Phi) is 10.8. The van der Waals surface area contributed by atoms with Crippen LogP contribution in [0.5, 0.6) is 0 Å². The van der Waals surface area contributed by atoms with Gasteiger partial charge in [0.2, 0.25) is 6.29 Å². The van der Waals surface area contributed by atoms with E-state index in [2.05, 4.69) is 246 Å². The number of nitrogens with one attached hydrogen (secondary N) is 1. The second kappa shape index (κ2) is 17.3. The van der Waals surface area contributed by atoms with E-state index in [9.17, 15) is 0 Å². The maximum Gasteiger partial charge on any atom is 0.224 e. The lowest BCUT2D eigenvalue weighted by Crippen LogP contribution is -2.37. The summed E-state index contributed by atoms with van der Waals surface area (Å²) in [5, 5.41) is 8.29. The maximum absolute atomic E-state index is 6.42. The highest BCUT2D eigenvalue weighted by Gasteiger charge is 2.25. The van der Waals surface area contributed by atoms with Crippen LogP contribution in [0.25, 0.3) is 72.6 Å². The Balaban J connectivity index is 1.01. The van der Waals surface area contributed by atoms with Crippen LogP contribution in [0, 0.1) is 6.92 Å². The molecule has 4 heterocycles. The van der Waals surface area contributed by atoms with Crippen LogP contribution >= 0.6 is 35.2 Å². The standard InChI is InChI=1S/C57H44IN5OS/c1-36(24-27-44-37(2)62(43-18-7-4-8-19-43)50-22-11-9-20-45(44)50)39-16-13-17-41(32-39)55-59-56(42-25-28-47-49(35-65)53(30-31-58)64-54(47)34-42)61-57(60-55)63-51-23-12-10-21-46(51)48-33-40(26-29-52(48)63)38-14-5-3-6-15-38/h3-34,36,57,65H,35H2,1-2H3,(H,59,60,61)/b27-24-,31-30-. The maximum atomic E-state index is 6.42. The molecule has 0 bridgehead atoms. The van der Waals surface area contributed by atoms with E-state index >= 15 is 0 Å². The number of nitrogens with zero attached hydrogens (tertiary/aromatic N) is 4. The normalized spacial score (nSPS) is 14.8. The fourth-order valence-corrected chi connectivity index (χ4v) is 10.1. The molecular formula is C57H44IN5OS. The molecule has 0 saturated carbocycles. The van der Waals surface area contributed by atoms with Crippen molar-refractivity contribution in [2.75, 3.05) is 0 Å². The van der Waals surface area contributed by atoms with E-state index in [0.29, 0.717) is 11.6 Å². The summed E-state index contributed by atoms with van der Waals surface area (Å²) in [6.07, 6.45) is 6.00. The Bertz CT molecular complexity index is 3560. The second-order valence-electron chi connectivity index (χ2n) is 16.5. The van der Waals surface area contributed by atoms with Crippen LogP contribution in [0.4, 0.5) is 0 Å². The number of halogens is 1. The lowest BCUT2D eigenvalue weighted by molar-refractivity contribution is 0.575. The van der Waals surface area contributed by atoms with Crippen molar-refractivity contribution in [3.05, 3.63) is 219 Å². The lowest BCUT2D eigenvalue weighted by atomic mass is 9.97. The van der Waals surface area contributed by atoms with E-state index in [1.54, 1.807) is 0 Å². The monoisotopic (exact) mass is 973 g/mol. The molecule has 8 heteroatoms. The van der Waals surface area contributed by atoms with Crippen LogP contribution in [0.2, 0.25) is 0 Å². The minimum absolute atomic E-state index is 0.116. The topological polar surface area (TPSA) is 59.8 Å². The van der Waals surface area contributed by atoms with Crippen LogP contribution in [0.3, 0.4) is 0 Å². The number of furan rings is 1. The van der Waals surface area contributed by atoms with E-state index in [1.807, 2.05) is 10.2 Å². The number of thiol groups is 1. The van der Waals surface area contributed by atoms with Crippen molar-refractivity contribution < 1.29 is 4.42 Å². The minimum atomic E-state index is -0.602. The highest BCUT2D eigenvalue weighted by atomic mass is 127. The molecular weight excluding hydrogens is 930 g/mol. The fourth-order valence-electron chi connectivity index (χ4n) is 9.41. The molecule has 6 nitrogen and oxygen atoms in total. The van der Waals surface area contributed by atoms with Gasteiger partial charge in [0.25, 0.3) is 0 Å². The Labute approximate surface area is 396 Å². The first kappa shape index (κ1) is 40.9. The number of hydrogen-bond acceptors (Lipinski definition) is 5. The molecule has 2 atom stereocenters. The van der Waals surface area contributed by atoms with Gasteiger partial charge in [0.15, 0.2) is 0 Å². The van der Waals surface area contributed by atoms with E-state index in [1.165, 1.54) is 38.9 Å². The smallest absolute Gasteiger partial charge is 0.224 e. The zero-order valence-electron chi connectivity index (χ0n) is 35.9. The molecule has 1 aliphatic heterocycles. The quantitative estimate of drug-likeness (QED) is 0.106. The molecule has 1 N–H and O–H groups in total. The van der Waals surface area contributed by atoms with Crippen LogP contribution in [0.1, 0.15) is 58.4 Å². The molecule has 0 aliphatic carbocycles. The van der Waals surface area contributed by atoms with Gasteiger partial charge in [0.05, 0.1) is 16.6 Å². The first-order valence-electron chi connectivity index (χ1n) is 21.9. The van der Waals surface area contributed by atoms with Gasteiger partial charge in [-0.1, -0.05) is 163 Å². The number of amidine groups is 2. The number of aromatic nitrogens is 2. The molecule has 65 heavy (non-hydrogen) atoms. The molecule has 0 spiro atoms. The molecule has 0 radical (unpaired) electrons. The summed E-state index contributed by atoms with van der Waals surface area (Å²) in [7, 11) is 0. The third-order valence-electron chi connectivity index (χ3n) is 12.7. The molecule has 11 rings (SSSR count). The van der Waals surface area contributed by atoms with Crippen molar-refractivity contribution in [3.63, 3.8) is 0 Å². The van der Waals surface area contributed by atoms with Crippen molar-refractivity contribution in [3.8, 4) is 16.8 Å². The van der Waals surface area contributed by atoms with Gasteiger partial charge in [-0.3, -0.25) is 4.57 Å². The van der Waals surface area contributed by atoms with Crippen LogP contribution in [-0.2, 0) is 5.75 Å². The predicted molar refractivity (Wildman–Crippen MR) is 284 cm³/mol. The van der Waals surface area contributed by atoms with Gasteiger partial charge >= 0.3 is 0 Å². The number of hydrogen-bond donors (Lipinski definition) is 2. The summed E-state index contributed by atoms with van der Waals surface area (Å²) in [4.78, 5) is 10.9. The van der Waals surface area contributed by atoms with Gasteiger partial charge in [-0.05, 0) is 88.2 Å². The average molecular weight is 974 g/mol. The van der Waals surface area contributed by atoms with Crippen LogP contribution < -0.4 is 5.32 Å². The molecule has 2 unspecified atom stereocenters. The van der Waals surface area contributed by atoms with Gasteiger partial charge in [-0.15, -0.1) is 0 Å². The van der Waals surface area contributed by atoms with Crippen LogP contribution in [0.15, 0.2) is 194 Å². The Morgan fingerprint density at radius 2 is 1.31 bits per heavy atom. The largest absolute Gasteiger partial charge is 0.456 e. The molecule has 0 fully saturated rings. The van der Waals surface area contributed by atoms with Gasteiger partial charge in [-0.25, -0.2) is 9.98 Å². The Morgan fingerprint density at radius 1 is 0.646 bits per heavy atom. The summed E-state index contributed by atoms with van der Waals surface area (Å²) in [6.45, 7) is 4.47. The van der Waals surface area contributed by atoms with E-state index in [0.717, 1.165) is 66.7 Å². The molecule has 316 valence electrons. The number of aliphatic imine (C=N–C) groups is 2. The van der Waals surface area contributed by atoms with E-state index in [-0.39, 0.29) is 5.92 Å². The second-order valence-corrected chi connectivity index (χ2v) is 17.5. The average Bonchev–Trinajstić information content (AvgIpc) is 3.99. The summed E-state index contributed by atoms with van der Waals surface area (Å²) in [5.41, 5.74) is 14.2. The summed E-state index contributed by atoms with van der Waals surface area (Å²) in [6, 6.07) is 60.1. The number of benzene rings is 7. The highest BCUT2D eigenvalue weighted by Crippen LogP contribution is 2.38. The van der Waals surface area contributed by atoms with Crippen molar-refractivity contribution in [1.29, 1.82) is 0 Å². The molecule has 0 amide bonds. The minimum Gasteiger partial charge on any atom is -0.456 e. The van der Waals surface area contributed by atoms with Gasteiger partial charge in [0.1, 0.15) is 23.0 Å². The van der Waals surface area contributed by atoms with Crippen LogP contribution in [-0.4, -0.2) is 20.8 Å². The fraction of sp³-hybridized carbons (Fsp3) is 0.0877. The number of para-hydroxylation sites is 3. The molecule has 7 aromatic carbocycles. The lowest BCUT2D eigenvalue weighted by Gasteiger charge is -2.24. The molecule has 1 aliphatic rings. The Hall–Kier alpha value is -6.88. The van der Waals surface area contributed by atoms with Crippen molar-refractivity contribution in [2.24, 2.45) is 9.98 Å². The highest BCUT2D eigenvalue weighted by molar-refractivity contribution is 14.1. The number of rotatable bonds is 10. The third-order valence-corrected chi connectivity index (χ3v) is 13.3. The van der Waals surface area contributed by atoms with Gasteiger partial charge in [0, 0.05) is 60.9 Å².